The topological polar surface area (TPSA) is 82.0 Å². The second-order valence-corrected chi connectivity index (χ2v) is 2.29. The Morgan fingerprint density at radius 1 is 1.64 bits per heavy atom. The second kappa shape index (κ2) is 2.75. The van der Waals surface area contributed by atoms with Crippen LogP contribution in [0.1, 0.15) is 0 Å². The van der Waals surface area contributed by atoms with E-state index in [-0.39, 0.29) is 11.5 Å². The highest BCUT2D eigenvalue weighted by Gasteiger charge is 2.10. The predicted octanol–water partition coefficient (Wildman–Crippen LogP) is 0.861. The summed E-state index contributed by atoms with van der Waals surface area (Å²) in [5.74, 6) is -0.109. The van der Waals surface area contributed by atoms with Gasteiger partial charge < -0.3 is 5.73 Å². The minimum atomic E-state index is -0.588. The van der Waals surface area contributed by atoms with Gasteiger partial charge in [0.2, 0.25) is 5.82 Å². The van der Waals surface area contributed by atoms with Crippen LogP contribution in [0.5, 0.6) is 0 Å². The van der Waals surface area contributed by atoms with Crippen molar-refractivity contribution in [3.05, 3.63) is 22.2 Å². The molecule has 58 valence electrons. The Bertz CT molecular complexity index is 302. The van der Waals surface area contributed by atoms with Gasteiger partial charge in [-0.1, -0.05) is 0 Å². The van der Waals surface area contributed by atoms with Crippen molar-refractivity contribution >= 4 is 24.1 Å². The molecule has 0 unspecified atom stereocenters. The summed E-state index contributed by atoms with van der Waals surface area (Å²) in [5, 5.41) is 10.6. The molecule has 1 aromatic rings. The lowest BCUT2D eigenvalue weighted by atomic mass is 10.4. The van der Waals surface area contributed by atoms with Gasteiger partial charge in [-0.25, -0.2) is 4.98 Å². The molecule has 1 aromatic heterocycles. The molecular formula is C5H5N3O2S. The molecule has 0 aromatic carbocycles. The minimum absolute atomic E-state index is 0.109. The molecule has 0 aliphatic rings. The number of nitrogen functional groups attached to an aromatic ring is 1. The van der Waals surface area contributed by atoms with Gasteiger partial charge in [-0.05, 0) is 6.07 Å². The Labute approximate surface area is 67.8 Å². The number of nitro groups is 1. The van der Waals surface area contributed by atoms with Crippen LogP contribution >= 0.6 is 12.6 Å². The first kappa shape index (κ1) is 7.80. The van der Waals surface area contributed by atoms with E-state index in [9.17, 15) is 10.1 Å². The van der Waals surface area contributed by atoms with Gasteiger partial charge >= 0.3 is 5.69 Å². The summed E-state index contributed by atoms with van der Waals surface area (Å²) in [5.41, 5.74) is 5.03. The van der Waals surface area contributed by atoms with Crippen molar-refractivity contribution in [3.8, 4) is 0 Å². The lowest BCUT2D eigenvalue weighted by molar-refractivity contribution is -0.384. The molecule has 0 spiro atoms. The quantitative estimate of drug-likeness (QED) is 0.373. The lowest BCUT2D eigenvalue weighted by Crippen LogP contribution is -1.97. The van der Waals surface area contributed by atoms with Gasteiger partial charge in [-0.15, -0.1) is 12.6 Å². The van der Waals surface area contributed by atoms with Crippen molar-refractivity contribution in [1.29, 1.82) is 0 Å². The van der Waals surface area contributed by atoms with Gasteiger partial charge in [0.15, 0.2) is 0 Å². The molecule has 1 rings (SSSR count). The molecule has 6 heteroatoms. The zero-order valence-corrected chi connectivity index (χ0v) is 6.28. The molecule has 5 nitrogen and oxygen atoms in total. The second-order valence-electron chi connectivity index (χ2n) is 1.83. The molecule has 11 heavy (non-hydrogen) atoms. The molecule has 0 aliphatic carbocycles. The zero-order valence-electron chi connectivity index (χ0n) is 5.39. The van der Waals surface area contributed by atoms with Gasteiger partial charge in [0.05, 0.1) is 9.95 Å². The number of nitrogens with two attached hydrogens (primary N) is 1. The summed E-state index contributed by atoms with van der Waals surface area (Å²) in [6, 6.07) is 2.68. The van der Waals surface area contributed by atoms with Crippen LogP contribution < -0.4 is 5.73 Å². The summed E-state index contributed by atoms with van der Waals surface area (Å²) >= 11 is 3.86. The molecule has 0 amide bonds. The van der Waals surface area contributed by atoms with Crippen LogP contribution in [0.4, 0.5) is 11.5 Å². The van der Waals surface area contributed by atoms with E-state index in [2.05, 4.69) is 17.6 Å². The third-order valence-corrected chi connectivity index (χ3v) is 1.33. The number of aromatic nitrogens is 1. The molecule has 0 atom stereocenters. The Morgan fingerprint density at radius 3 is 2.73 bits per heavy atom. The van der Waals surface area contributed by atoms with E-state index in [0.29, 0.717) is 5.03 Å². The fraction of sp³-hybridized carbons (Fsp3) is 0. The number of hydrogen-bond acceptors (Lipinski definition) is 5. The summed E-state index contributed by atoms with van der Waals surface area (Å²) < 4.78 is 0. The van der Waals surface area contributed by atoms with Gasteiger partial charge in [0.25, 0.3) is 0 Å². The molecule has 0 bridgehead atoms. The number of anilines is 1. The average Bonchev–Trinajstić information content (AvgIpc) is 1.85. The van der Waals surface area contributed by atoms with Crippen molar-refractivity contribution in [2.75, 3.05) is 5.73 Å². The highest BCUT2D eigenvalue weighted by atomic mass is 32.1. The molecule has 0 fully saturated rings. The van der Waals surface area contributed by atoms with Crippen LogP contribution in [0.25, 0.3) is 0 Å². The zero-order chi connectivity index (χ0) is 8.43. The summed E-state index contributed by atoms with van der Waals surface area (Å²) in [4.78, 5) is 13.2. The average molecular weight is 171 g/mol. The molecular weight excluding hydrogens is 166 g/mol. The minimum Gasteiger partial charge on any atom is -0.378 e. The third kappa shape index (κ3) is 1.58. The van der Waals surface area contributed by atoms with Gasteiger partial charge in [-0.2, -0.15) is 0 Å². The number of thiol groups is 1. The maximum atomic E-state index is 10.2. The fourth-order valence-electron chi connectivity index (χ4n) is 0.611. The predicted molar refractivity (Wildman–Crippen MR) is 42.6 cm³/mol. The normalized spacial score (nSPS) is 9.55. The number of pyridine rings is 1. The standard InChI is InChI=1S/C5H5N3O2S/c6-5-3(8(9)10)1-2-4(11)7-5/h1-2H,(H3,6,7,11). The molecule has 0 saturated heterocycles. The highest BCUT2D eigenvalue weighted by molar-refractivity contribution is 7.80. The fourth-order valence-corrected chi connectivity index (χ4v) is 0.793. The van der Waals surface area contributed by atoms with E-state index in [4.69, 9.17) is 5.73 Å². The maximum absolute atomic E-state index is 10.2. The first-order valence-electron chi connectivity index (χ1n) is 2.71. The lowest BCUT2D eigenvalue weighted by Gasteiger charge is -1.95. The third-order valence-electron chi connectivity index (χ3n) is 1.08. The van der Waals surface area contributed by atoms with Crippen LogP contribution in [0, 0.1) is 10.1 Å². The SMILES string of the molecule is Nc1nc(S)ccc1[N+](=O)[O-]. The molecule has 2 N–H and O–H groups in total. The Kier molecular flexibility index (Phi) is 1.95. The monoisotopic (exact) mass is 171 g/mol. The van der Waals surface area contributed by atoms with Gasteiger partial charge in [0.1, 0.15) is 0 Å². The van der Waals surface area contributed by atoms with Crippen molar-refractivity contribution in [2.24, 2.45) is 0 Å². The Morgan fingerprint density at radius 2 is 2.27 bits per heavy atom. The van der Waals surface area contributed by atoms with Crippen LogP contribution in [0.3, 0.4) is 0 Å². The first-order valence-corrected chi connectivity index (χ1v) is 3.16. The summed E-state index contributed by atoms with van der Waals surface area (Å²) in [7, 11) is 0. The van der Waals surface area contributed by atoms with Crippen molar-refractivity contribution in [2.45, 2.75) is 5.03 Å². The molecule has 0 aliphatic heterocycles. The van der Waals surface area contributed by atoms with Gasteiger partial charge in [0, 0.05) is 6.07 Å². The summed E-state index contributed by atoms with van der Waals surface area (Å²) in [6.07, 6.45) is 0. The van der Waals surface area contributed by atoms with Crippen LogP contribution in [-0.2, 0) is 0 Å². The molecule has 0 radical (unpaired) electrons. The van der Waals surface area contributed by atoms with Crippen molar-refractivity contribution < 1.29 is 4.92 Å². The smallest absolute Gasteiger partial charge is 0.311 e. The Hall–Kier alpha value is -1.30. The Balaban J connectivity index is 3.20. The van der Waals surface area contributed by atoms with Crippen LogP contribution in [0.15, 0.2) is 17.2 Å². The van der Waals surface area contributed by atoms with E-state index in [1.165, 1.54) is 12.1 Å². The van der Waals surface area contributed by atoms with Gasteiger partial charge in [-0.3, -0.25) is 10.1 Å². The van der Waals surface area contributed by atoms with Crippen molar-refractivity contribution in [1.82, 2.24) is 4.98 Å². The number of rotatable bonds is 1. The highest BCUT2D eigenvalue weighted by Crippen LogP contribution is 2.19. The van der Waals surface area contributed by atoms with E-state index in [1.807, 2.05) is 0 Å². The summed E-state index contributed by atoms with van der Waals surface area (Å²) in [6.45, 7) is 0. The van der Waals surface area contributed by atoms with E-state index >= 15 is 0 Å². The van der Waals surface area contributed by atoms with Crippen LogP contribution in [0.2, 0.25) is 0 Å². The largest absolute Gasteiger partial charge is 0.378 e. The number of hydrogen-bond donors (Lipinski definition) is 2. The van der Waals surface area contributed by atoms with E-state index in [0.717, 1.165) is 0 Å². The number of nitrogens with zero attached hydrogens (tertiary/aromatic N) is 2. The van der Waals surface area contributed by atoms with Crippen LogP contribution in [-0.4, -0.2) is 9.91 Å². The molecule has 1 heterocycles. The van der Waals surface area contributed by atoms with Crippen molar-refractivity contribution in [3.63, 3.8) is 0 Å². The first-order chi connectivity index (χ1) is 5.11. The molecule has 0 saturated carbocycles. The van der Waals surface area contributed by atoms with E-state index < -0.39 is 4.92 Å². The maximum Gasteiger partial charge on any atom is 0.311 e. The van der Waals surface area contributed by atoms with E-state index in [1.54, 1.807) is 0 Å².